The van der Waals surface area contributed by atoms with E-state index in [4.69, 9.17) is 18.0 Å². The van der Waals surface area contributed by atoms with Crippen LogP contribution in [0.2, 0.25) is 0 Å². The second-order valence-corrected chi connectivity index (χ2v) is 14.0. The van der Waals surface area contributed by atoms with Crippen LogP contribution in [0.1, 0.15) is 87.1 Å². The van der Waals surface area contributed by atoms with E-state index in [1.807, 2.05) is 30.3 Å². The number of amides is 1. The number of hydrogen-bond acceptors (Lipinski definition) is 5. The number of anilines is 2. The van der Waals surface area contributed by atoms with Crippen LogP contribution in [0.4, 0.5) is 10.7 Å². The molecule has 4 aliphatic rings. The summed E-state index contributed by atoms with van der Waals surface area (Å²) in [5.41, 5.74) is 16.5. The van der Waals surface area contributed by atoms with Crippen LogP contribution in [-0.2, 0) is 0 Å². The molecule has 0 radical (unpaired) electrons. The number of aliphatic hydroxyl groups is 1. The molecule has 1 amide bonds. The minimum Gasteiger partial charge on any atom is -0.393 e. The van der Waals surface area contributed by atoms with Crippen LogP contribution in [0.5, 0.6) is 0 Å². The first-order valence-corrected chi connectivity index (χ1v) is 15.7. The van der Waals surface area contributed by atoms with Crippen LogP contribution in [0.25, 0.3) is 0 Å². The van der Waals surface area contributed by atoms with Gasteiger partial charge in [0, 0.05) is 5.69 Å². The molecule has 6 nitrogen and oxygen atoms in total. The fraction of sp³-hybridized carbons (Fsp3) is 0.548. The van der Waals surface area contributed by atoms with Gasteiger partial charge in [0.25, 0.3) is 5.91 Å². The molecule has 4 aliphatic carbocycles. The minimum atomic E-state index is -0.236. The number of para-hydroxylation sites is 1. The molecule has 1 aromatic heterocycles. The van der Waals surface area contributed by atoms with Gasteiger partial charge in [-0.3, -0.25) is 15.6 Å². The zero-order valence-electron chi connectivity index (χ0n) is 22.8. The van der Waals surface area contributed by atoms with Crippen molar-refractivity contribution in [3.8, 4) is 0 Å². The summed E-state index contributed by atoms with van der Waals surface area (Å²) in [7, 11) is 0. The SMILES string of the molecule is C[C@]12CC[C@H]3[C@@H](CC=C4CC(O)CC[C@@]43C)[C@@H]1CC[C@@H]2c1csc(N)c1C(=O)NNC(=S)Nc1ccccc1. The van der Waals surface area contributed by atoms with Crippen molar-refractivity contribution in [1.29, 1.82) is 0 Å². The van der Waals surface area contributed by atoms with Gasteiger partial charge in [-0.1, -0.05) is 43.7 Å². The number of thiophene rings is 1. The van der Waals surface area contributed by atoms with E-state index in [9.17, 15) is 9.90 Å². The highest BCUT2D eigenvalue weighted by Gasteiger charge is 2.59. The van der Waals surface area contributed by atoms with Crippen molar-refractivity contribution in [1.82, 2.24) is 10.9 Å². The quantitative estimate of drug-likeness (QED) is 0.169. The van der Waals surface area contributed by atoms with E-state index < -0.39 is 0 Å². The van der Waals surface area contributed by atoms with Gasteiger partial charge in [-0.2, -0.15) is 0 Å². The Morgan fingerprint density at radius 2 is 1.87 bits per heavy atom. The van der Waals surface area contributed by atoms with Crippen LogP contribution in [0, 0.1) is 28.6 Å². The fourth-order valence-electron chi connectivity index (χ4n) is 8.90. The summed E-state index contributed by atoms with van der Waals surface area (Å²) < 4.78 is 0. The first kappa shape index (κ1) is 26.8. The van der Waals surface area contributed by atoms with E-state index in [0.29, 0.717) is 39.3 Å². The van der Waals surface area contributed by atoms with Crippen molar-refractivity contribution < 1.29 is 9.90 Å². The summed E-state index contributed by atoms with van der Waals surface area (Å²) in [6.45, 7) is 4.95. The summed E-state index contributed by atoms with van der Waals surface area (Å²) in [5, 5.41) is 16.4. The molecule has 1 unspecified atom stereocenters. The summed E-state index contributed by atoms with van der Waals surface area (Å²) in [6, 6.07) is 9.62. The highest BCUT2D eigenvalue weighted by molar-refractivity contribution is 7.80. The second kappa shape index (κ2) is 10.2. The Morgan fingerprint density at radius 1 is 1.08 bits per heavy atom. The zero-order valence-corrected chi connectivity index (χ0v) is 24.5. The Balaban J connectivity index is 1.19. The number of fused-ring (bicyclic) bond motifs is 5. The maximum Gasteiger partial charge on any atom is 0.272 e. The molecule has 1 aromatic carbocycles. The third-order valence-corrected chi connectivity index (χ3v) is 11.9. The number of carbonyl (C=O) groups is 1. The summed E-state index contributed by atoms with van der Waals surface area (Å²) >= 11 is 6.84. The molecular weight excluding hydrogens is 525 g/mol. The topological polar surface area (TPSA) is 99.4 Å². The number of hydrogen-bond donors (Lipinski definition) is 5. The third-order valence-electron chi connectivity index (χ3n) is 10.8. The van der Waals surface area contributed by atoms with Gasteiger partial charge in [-0.15, -0.1) is 11.3 Å². The van der Waals surface area contributed by atoms with Crippen molar-refractivity contribution in [3.05, 3.63) is 58.5 Å². The van der Waals surface area contributed by atoms with Crippen LogP contribution in [0.15, 0.2) is 47.4 Å². The molecule has 3 fully saturated rings. The number of rotatable bonds is 3. The predicted molar refractivity (Wildman–Crippen MR) is 162 cm³/mol. The Labute approximate surface area is 240 Å². The fourth-order valence-corrected chi connectivity index (χ4v) is 9.93. The summed E-state index contributed by atoms with van der Waals surface area (Å²) in [6.07, 6.45) is 11.0. The molecule has 7 atom stereocenters. The number of allylic oxidation sites excluding steroid dienone is 1. The Kier molecular flexibility index (Phi) is 7.01. The predicted octanol–water partition coefficient (Wildman–Crippen LogP) is 6.37. The Hall–Kier alpha value is -2.42. The van der Waals surface area contributed by atoms with Gasteiger partial charge in [0.05, 0.1) is 16.7 Å². The van der Waals surface area contributed by atoms with Crippen molar-refractivity contribution in [2.24, 2.45) is 28.6 Å². The molecule has 0 spiro atoms. The Morgan fingerprint density at radius 3 is 2.67 bits per heavy atom. The van der Waals surface area contributed by atoms with E-state index in [-0.39, 0.29) is 22.8 Å². The van der Waals surface area contributed by atoms with E-state index in [1.165, 1.54) is 36.2 Å². The highest BCUT2D eigenvalue weighted by atomic mass is 32.1. The molecule has 3 saturated carbocycles. The standard InChI is InChI=1S/C31H40N4O2S2/c1-30-14-12-20(36)16-18(30)8-9-21-23-10-11-24(31(23,2)15-13-25(21)30)22-17-39-27(32)26(22)28(37)34-35-29(38)33-19-6-4-3-5-7-19/h3-8,17,20-21,23-25,36H,9-16,32H2,1-2H3,(H,34,37)(H2,33,35,38)/t20?,21-,23-,24+,25-,30-,31-/m0/s1. The smallest absolute Gasteiger partial charge is 0.272 e. The summed E-state index contributed by atoms with van der Waals surface area (Å²) in [5.74, 6) is 2.09. The first-order valence-electron chi connectivity index (χ1n) is 14.4. The molecule has 0 bridgehead atoms. The first-order chi connectivity index (χ1) is 18.7. The van der Waals surface area contributed by atoms with Crippen molar-refractivity contribution in [2.45, 2.75) is 77.2 Å². The average Bonchev–Trinajstić information content (AvgIpc) is 3.47. The number of thiocarbonyl (C=S) groups is 1. The number of nitrogens with one attached hydrogen (secondary N) is 3. The van der Waals surface area contributed by atoms with Crippen molar-refractivity contribution >= 4 is 45.3 Å². The van der Waals surface area contributed by atoms with Crippen LogP contribution >= 0.6 is 23.6 Å². The lowest BCUT2D eigenvalue weighted by Crippen LogP contribution is -2.50. The maximum absolute atomic E-state index is 13.4. The van der Waals surface area contributed by atoms with Gasteiger partial charge >= 0.3 is 0 Å². The van der Waals surface area contributed by atoms with E-state index in [1.54, 1.807) is 0 Å². The van der Waals surface area contributed by atoms with Gasteiger partial charge in [0.1, 0.15) is 0 Å². The lowest BCUT2D eigenvalue weighted by atomic mass is 9.47. The van der Waals surface area contributed by atoms with Gasteiger partial charge in [-0.05, 0) is 121 Å². The van der Waals surface area contributed by atoms with Gasteiger partial charge in [0.15, 0.2) is 5.11 Å². The number of carbonyl (C=O) groups excluding carboxylic acids is 1. The molecule has 6 N–H and O–H groups in total. The van der Waals surface area contributed by atoms with Gasteiger partial charge in [0.2, 0.25) is 0 Å². The summed E-state index contributed by atoms with van der Waals surface area (Å²) in [4.78, 5) is 13.4. The van der Waals surface area contributed by atoms with Crippen LogP contribution in [-0.4, -0.2) is 22.2 Å². The molecule has 0 saturated heterocycles. The molecule has 208 valence electrons. The van der Waals surface area contributed by atoms with Gasteiger partial charge in [-0.25, -0.2) is 0 Å². The van der Waals surface area contributed by atoms with E-state index in [2.05, 4.69) is 41.5 Å². The lowest BCUT2D eigenvalue weighted by Gasteiger charge is -2.58. The normalized spacial score (nSPS) is 35.2. The van der Waals surface area contributed by atoms with E-state index in [0.717, 1.165) is 43.4 Å². The molecule has 39 heavy (non-hydrogen) atoms. The van der Waals surface area contributed by atoms with Crippen LogP contribution < -0.4 is 21.9 Å². The monoisotopic (exact) mass is 564 g/mol. The Bertz CT molecular complexity index is 1290. The van der Waals surface area contributed by atoms with Gasteiger partial charge < -0.3 is 16.2 Å². The average molecular weight is 565 g/mol. The van der Waals surface area contributed by atoms with Crippen LogP contribution in [0.3, 0.4) is 0 Å². The number of nitrogen functional groups attached to an aromatic ring is 1. The van der Waals surface area contributed by atoms with Crippen molar-refractivity contribution in [2.75, 3.05) is 11.1 Å². The minimum absolute atomic E-state index is 0.150. The second-order valence-electron chi connectivity index (χ2n) is 12.7. The molecular formula is C31H40N4O2S2. The lowest BCUT2D eigenvalue weighted by molar-refractivity contribution is -0.0409. The van der Waals surface area contributed by atoms with Crippen molar-refractivity contribution in [3.63, 3.8) is 0 Å². The largest absolute Gasteiger partial charge is 0.393 e. The molecule has 1 heterocycles. The molecule has 8 heteroatoms. The maximum atomic E-state index is 13.4. The molecule has 2 aromatic rings. The zero-order chi connectivity index (χ0) is 27.4. The molecule has 0 aliphatic heterocycles. The van der Waals surface area contributed by atoms with E-state index >= 15 is 0 Å². The number of aliphatic hydroxyl groups excluding tert-OH is 1. The molecule has 6 rings (SSSR count). The third kappa shape index (κ3) is 4.58. The number of benzene rings is 1. The highest BCUT2D eigenvalue weighted by Crippen LogP contribution is 2.68. The number of hydrazine groups is 1. The number of nitrogens with two attached hydrogens (primary N) is 1.